The van der Waals surface area contributed by atoms with E-state index in [9.17, 15) is 4.79 Å². The molecule has 1 aromatic heterocycles. The molecule has 7 heteroatoms. The summed E-state index contributed by atoms with van der Waals surface area (Å²) in [6.07, 6.45) is -0.563. The predicted octanol–water partition coefficient (Wildman–Crippen LogP) is 5.15. The highest BCUT2D eigenvalue weighted by molar-refractivity contribution is 6.31. The number of nitrogens with zero attached hydrogens (tertiary/aromatic N) is 4. The molecule has 1 saturated heterocycles. The van der Waals surface area contributed by atoms with Crippen LogP contribution in [-0.4, -0.2) is 53.3 Å². The van der Waals surface area contributed by atoms with Gasteiger partial charge >= 0.3 is 0 Å². The van der Waals surface area contributed by atoms with Crippen molar-refractivity contribution >= 4 is 23.3 Å². The third-order valence-electron chi connectivity index (χ3n) is 6.47. The smallest absolute Gasteiger partial charge is 0.263 e. The summed E-state index contributed by atoms with van der Waals surface area (Å²) in [6.45, 7) is 12.7. The molecule has 34 heavy (non-hydrogen) atoms. The van der Waals surface area contributed by atoms with Gasteiger partial charge in [-0.1, -0.05) is 17.7 Å². The number of anilines is 1. The first-order chi connectivity index (χ1) is 16.2. The van der Waals surface area contributed by atoms with Crippen molar-refractivity contribution in [1.29, 1.82) is 0 Å². The van der Waals surface area contributed by atoms with E-state index in [-0.39, 0.29) is 5.91 Å². The number of benzene rings is 2. The average molecular weight is 479 g/mol. The number of aryl methyl sites for hydroxylation is 4. The highest BCUT2D eigenvalue weighted by atomic mass is 35.5. The minimum Gasteiger partial charge on any atom is -0.481 e. The molecule has 2 heterocycles. The fourth-order valence-corrected chi connectivity index (χ4v) is 4.35. The van der Waals surface area contributed by atoms with E-state index in [4.69, 9.17) is 16.3 Å². The summed E-state index contributed by atoms with van der Waals surface area (Å²) in [4.78, 5) is 16.9. The van der Waals surface area contributed by atoms with Gasteiger partial charge in [-0.2, -0.15) is 0 Å². The Hall–Kier alpha value is -3.12. The van der Waals surface area contributed by atoms with Crippen LogP contribution in [0.1, 0.15) is 29.2 Å². The normalized spacial score (nSPS) is 14.8. The molecule has 178 valence electrons. The number of amides is 1. The van der Waals surface area contributed by atoms with Gasteiger partial charge in [0.25, 0.3) is 5.91 Å². The minimum absolute atomic E-state index is 0.0149. The Bertz CT molecular complexity index is 1190. The second-order valence-electron chi connectivity index (χ2n) is 9.01. The molecule has 0 saturated carbocycles. The molecule has 0 N–H and O–H groups in total. The van der Waals surface area contributed by atoms with Crippen LogP contribution >= 0.6 is 11.6 Å². The average Bonchev–Trinajstić information content (AvgIpc) is 2.83. The summed E-state index contributed by atoms with van der Waals surface area (Å²) >= 11 is 6.08. The number of carbonyl (C=O) groups is 1. The van der Waals surface area contributed by atoms with Crippen molar-refractivity contribution < 1.29 is 9.53 Å². The van der Waals surface area contributed by atoms with Gasteiger partial charge in [-0.15, -0.1) is 10.2 Å². The molecule has 3 aromatic rings. The van der Waals surface area contributed by atoms with E-state index < -0.39 is 6.10 Å². The zero-order valence-electron chi connectivity index (χ0n) is 20.4. The van der Waals surface area contributed by atoms with Crippen molar-refractivity contribution in [2.75, 3.05) is 31.1 Å². The van der Waals surface area contributed by atoms with E-state index in [1.807, 2.05) is 30.0 Å². The Balaban J connectivity index is 1.35. The zero-order chi connectivity index (χ0) is 24.4. The van der Waals surface area contributed by atoms with Crippen LogP contribution in [0.4, 0.5) is 5.82 Å². The van der Waals surface area contributed by atoms with Crippen molar-refractivity contribution in [3.63, 3.8) is 0 Å². The number of ether oxygens (including phenoxy) is 1. The van der Waals surface area contributed by atoms with E-state index in [1.54, 1.807) is 19.1 Å². The van der Waals surface area contributed by atoms with Gasteiger partial charge in [-0.3, -0.25) is 4.79 Å². The van der Waals surface area contributed by atoms with Crippen LogP contribution in [0.5, 0.6) is 5.75 Å². The molecule has 1 unspecified atom stereocenters. The van der Waals surface area contributed by atoms with Gasteiger partial charge < -0.3 is 14.5 Å². The monoisotopic (exact) mass is 478 g/mol. The molecular formula is C27H31ClN4O2. The van der Waals surface area contributed by atoms with Gasteiger partial charge in [-0.05, 0) is 93.3 Å². The fourth-order valence-electron chi connectivity index (χ4n) is 4.23. The maximum Gasteiger partial charge on any atom is 0.263 e. The Labute approximate surface area is 206 Å². The van der Waals surface area contributed by atoms with E-state index in [0.29, 0.717) is 37.0 Å². The summed E-state index contributed by atoms with van der Waals surface area (Å²) in [5, 5.41) is 9.66. The second-order valence-corrected chi connectivity index (χ2v) is 9.42. The third-order valence-corrected chi connectivity index (χ3v) is 6.90. The standard InChI is InChI=1S/C27H31ClN4O2/c1-17-14-19(3)23(16-18(17)2)25-8-9-26(30-29-25)31-10-12-32(13-11-31)27(33)21(5)34-22-6-7-24(28)20(4)15-22/h6-9,14-16,21H,10-13H2,1-5H3. The summed E-state index contributed by atoms with van der Waals surface area (Å²) in [6, 6.07) is 13.8. The van der Waals surface area contributed by atoms with E-state index in [0.717, 1.165) is 22.6 Å². The number of piperazine rings is 1. The Morgan fingerprint density at radius 1 is 0.882 bits per heavy atom. The van der Waals surface area contributed by atoms with Crippen LogP contribution < -0.4 is 9.64 Å². The lowest BCUT2D eigenvalue weighted by atomic mass is 9.99. The molecule has 0 aliphatic carbocycles. The van der Waals surface area contributed by atoms with E-state index >= 15 is 0 Å². The summed E-state index contributed by atoms with van der Waals surface area (Å²) in [7, 11) is 0. The second kappa shape index (κ2) is 10.0. The quantitative estimate of drug-likeness (QED) is 0.507. The fraction of sp³-hybridized carbons (Fsp3) is 0.370. The number of halogens is 1. The van der Waals surface area contributed by atoms with Crippen molar-refractivity contribution in [3.05, 3.63) is 69.7 Å². The molecule has 0 radical (unpaired) electrons. The Kier molecular flexibility index (Phi) is 7.08. The lowest BCUT2D eigenvalue weighted by Gasteiger charge is -2.36. The molecule has 1 amide bonds. The van der Waals surface area contributed by atoms with Gasteiger partial charge in [0, 0.05) is 36.8 Å². The van der Waals surface area contributed by atoms with Gasteiger partial charge in [0.1, 0.15) is 5.75 Å². The molecule has 0 bridgehead atoms. The van der Waals surface area contributed by atoms with Crippen LogP contribution in [-0.2, 0) is 4.79 Å². The maximum atomic E-state index is 12.9. The molecule has 4 rings (SSSR count). The molecular weight excluding hydrogens is 448 g/mol. The molecule has 0 spiro atoms. The predicted molar refractivity (Wildman–Crippen MR) is 137 cm³/mol. The van der Waals surface area contributed by atoms with Crippen LogP contribution in [0.3, 0.4) is 0 Å². The first kappa shape index (κ1) is 24.0. The van der Waals surface area contributed by atoms with Gasteiger partial charge in [0.15, 0.2) is 11.9 Å². The molecule has 2 aromatic carbocycles. The highest BCUT2D eigenvalue weighted by Crippen LogP contribution is 2.26. The number of rotatable bonds is 5. The van der Waals surface area contributed by atoms with E-state index in [1.165, 1.54) is 16.7 Å². The number of hydrogen-bond acceptors (Lipinski definition) is 5. The number of carbonyl (C=O) groups excluding carboxylic acids is 1. The SMILES string of the molecule is Cc1cc(C)c(-c2ccc(N3CCN(C(=O)C(C)Oc4ccc(Cl)c(C)c4)CC3)nn2)cc1C. The lowest BCUT2D eigenvalue weighted by Crippen LogP contribution is -2.52. The first-order valence-electron chi connectivity index (χ1n) is 11.6. The Morgan fingerprint density at radius 2 is 1.59 bits per heavy atom. The molecule has 6 nitrogen and oxygen atoms in total. The van der Waals surface area contributed by atoms with Gasteiger partial charge in [0.2, 0.25) is 0 Å². The van der Waals surface area contributed by atoms with Crippen LogP contribution in [0, 0.1) is 27.7 Å². The summed E-state index contributed by atoms with van der Waals surface area (Å²) in [5.41, 5.74) is 6.64. The summed E-state index contributed by atoms with van der Waals surface area (Å²) in [5.74, 6) is 1.47. The molecule has 1 aliphatic rings. The van der Waals surface area contributed by atoms with Crippen molar-refractivity contribution in [2.24, 2.45) is 0 Å². The lowest BCUT2D eigenvalue weighted by molar-refractivity contribution is -0.138. The highest BCUT2D eigenvalue weighted by Gasteiger charge is 2.27. The van der Waals surface area contributed by atoms with Crippen LogP contribution in [0.2, 0.25) is 5.02 Å². The topological polar surface area (TPSA) is 58.6 Å². The molecule has 1 fully saturated rings. The zero-order valence-corrected chi connectivity index (χ0v) is 21.2. The first-order valence-corrected chi connectivity index (χ1v) is 12.0. The van der Waals surface area contributed by atoms with Crippen molar-refractivity contribution in [2.45, 2.75) is 40.7 Å². The number of aromatic nitrogens is 2. The minimum atomic E-state index is -0.563. The van der Waals surface area contributed by atoms with Crippen LogP contribution in [0.15, 0.2) is 42.5 Å². The van der Waals surface area contributed by atoms with Crippen molar-refractivity contribution in [1.82, 2.24) is 15.1 Å². The van der Waals surface area contributed by atoms with Gasteiger partial charge in [-0.25, -0.2) is 0 Å². The molecule has 1 atom stereocenters. The third kappa shape index (κ3) is 5.17. The molecule has 1 aliphatic heterocycles. The van der Waals surface area contributed by atoms with Crippen molar-refractivity contribution in [3.8, 4) is 17.0 Å². The Morgan fingerprint density at radius 3 is 2.24 bits per heavy atom. The van der Waals surface area contributed by atoms with E-state index in [2.05, 4.69) is 48.0 Å². The van der Waals surface area contributed by atoms with Gasteiger partial charge in [0.05, 0.1) is 5.69 Å². The summed E-state index contributed by atoms with van der Waals surface area (Å²) < 4.78 is 5.87. The largest absolute Gasteiger partial charge is 0.481 e. The van der Waals surface area contributed by atoms with Crippen LogP contribution in [0.25, 0.3) is 11.3 Å². The maximum absolute atomic E-state index is 12.9. The number of hydrogen-bond donors (Lipinski definition) is 0.